The second-order valence-electron chi connectivity index (χ2n) is 9.65. The van der Waals surface area contributed by atoms with Crippen LogP contribution in [0.4, 0.5) is 0 Å². The molecule has 2 saturated heterocycles. The Balaban J connectivity index is 0.00000181. The van der Waals surface area contributed by atoms with E-state index in [-0.39, 0.29) is 47.4 Å². The summed E-state index contributed by atoms with van der Waals surface area (Å²) < 4.78 is 28.9. The van der Waals surface area contributed by atoms with Crippen LogP contribution in [0, 0.1) is 0 Å². The topological polar surface area (TPSA) is 168 Å². The van der Waals surface area contributed by atoms with Gasteiger partial charge in [-0.25, -0.2) is 0 Å². The fraction of sp³-hybridized carbons (Fsp3) is 0.483. The first-order valence-corrected chi connectivity index (χ1v) is 13.5. The van der Waals surface area contributed by atoms with E-state index >= 15 is 0 Å². The number of ether oxygens (including phenoxy) is 4. The number of rotatable bonds is 6. The largest absolute Gasteiger partial charge is 0.508 e. The van der Waals surface area contributed by atoms with Crippen molar-refractivity contribution in [3.63, 3.8) is 0 Å². The van der Waals surface area contributed by atoms with Gasteiger partial charge in [-0.1, -0.05) is 13.8 Å². The van der Waals surface area contributed by atoms with E-state index < -0.39 is 47.8 Å². The first-order valence-electron chi connectivity index (χ1n) is 13.5. The Labute approximate surface area is 231 Å². The van der Waals surface area contributed by atoms with Gasteiger partial charge in [-0.15, -0.1) is 0 Å². The molecular weight excluding hydrogens is 524 g/mol. The van der Waals surface area contributed by atoms with Gasteiger partial charge in [0, 0.05) is 37.0 Å². The molecule has 11 heteroatoms. The molecule has 2 fully saturated rings. The second kappa shape index (κ2) is 12.9. The van der Waals surface area contributed by atoms with Crippen LogP contribution in [0.2, 0.25) is 0 Å². The molecule has 11 nitrogen and oxygen atoms in total. The van der Waals surface area contributed by atoms with E-state index in [1.807, 2.05) is 13.8 Å². The number of aliphatic hydroxyl groups is 2. The summed E-state index contributed by atoms with van der Waals surface area (Å²) in [4.78, 5) is 12.7. The molecule has 0 bridgehead atoms. The van der Waals surface area contributed by atoms with Crippen LogP contribution in [-0.2, 0) is 14.2 Å². The normalized spacial score (nSPS) is 26.6. The van der Waals surface area contributed by atoms with Gasteiger partial charge in [0.15, 0.2) is 23.2 Å². The van der Waals surface area contributed by atoms with Crippen LogP contribution in [0.3, 0.4) is 0 Å². The number of benzene rings is 2. The average Bonchev–Trinajstić information content (AvgIpc) is 2.93. The fourth-order valence-corrected chi connectivity index (χ4v) is 4.68. The number of phenols is 3. The molecule has 1 aromatic heterocycles. The minimum Gasteiger partial charge on any atom is -0.508 e. The molecule has 2 aromatic carbocycles. The zero-order valence-corrected chi connectivity index (χ0v) is 22.6. The van der Waals surface area contributed by atoms with Crippen LogP contribution in [-0.4, -0.2) is 69.1 Å². The van der Waals surface area contributed by atoms with E-state index in [9.17, 15) is 30.3 Å². The molecule has 0 amide bonds. The molecule has 2 aliphatic rings. The van der Waals surface area contributed by atoms with Crippen molar-refractivity contribution >= 4 is 11.0 Å². The number of aromatic hydroxyl groups is 3. The first-order chi connectivity index (χ1) is 19.2. The lowest BCUT2D eigenvalue weighted by Gasteiger charge is -2.35. The van der Waals surface area contributed by atoms with Crippen LogP contribution in [0.25, 0.3) is 22.3 Å². The summed E-state index contributed by atoms with van der Waals surface area (Å²) in [5.41, 5.74) is -0.0980. The van der Waals surface area contributed by atoms with Gasteiger partial charge in [0.05, 0.1) is 31.0 Å². The lowest BCUT2D eigenvalue weighted by Crippen LogP contribution is -2.43. The predicted octanol–water partition coefficient (Wildman–Crippen LogP) is 3.75. The minimum absolute atomic E-state index is 0.0344. The standard InChI is InChI=1S/C27H30O11.C2H6/c1-13-18(30)6-7-23(35-13)34-12-17-8-16(29)9-24(36-17)38-22-11-21-25(27(33)26(22)32)19(31)10-20(37-21)14-2-4-15(28)5-3-14;1-2/h2-5,10-11,13,16-18,23-24,28-30,32-33H,6-9,12H2,1H3;1-2H3/t13-,16?,17?,18?,23?,24?;/m1./s1. The van der Waals surface area contributed by atoms with E-state index in [1.54, 1.807) is 19.1 Å². The zero-order chi connectivity index (χ0) is 29.0. The molecule has 0 saturated carbocycles. The maximum absolute atomic E-state index is 12.7. The third kappa shape index (κ3) is 6.68. The average molecular weight is 561 g/mol. The Morgan fingerprint density at radius 1 is 0.925 bits per heavy atom. The van der Waals surface area contributed by atoms with E-state index in [4.69, 9.17) is 23.4 Å². The summed E-state index contributed by atoms with van der Waals surface area (Å²) in [6.07, 6.45) is -2.20. The highest BCUT2D eigenvalue weighted by atomic mass is 16.7. The van der Waals surface area contributed by atoms with Crippen molar-refractivity contribution in [1.29, 1.82) is 0 Å². The first kappa shape index (κ1) is 29.6. The van der Waals surface area contributed by atoms with Crippen LogP contribution in [0.5, 0.6) is 23.0 Å². The minimum atomic E-state index is -0.991. The molecule has 5 unspecified atom stereocenters. The molecule has 3 heterocycles. The molecule has 5 N–H and O–H groups in total. The van der Waals surface area contributed by atoms with Gasteiger partial charge in [0.2, 0.25) is 12.0 Å². The summed E-state index contributed by atoms with van der Waals surface area (Å²) in [7, 11) is 0. The highest BCUT2D eigenvalue weighted by Crippen LogP contribution is 2.42. The molecule has 218 valence electrons. The molecular formula is C29H36O11. The van der Waals surface area contributed by atoms with Crippen molar-refractivity contribution < 1.29 is 48.9 Å². The van der Waals surface area contributed by atoms with E-state index in [0.29, 0.717) is 24.8 Å². The van der Waals surface area contributed by atoms with E-state index in [0.717, 1.165) is 0 Å². The Morgan fingerprint density at radius 2 is 1.65 bits per heavy atom. The van der Waals surface area contributed by atoms with E-state index in [2.05, 4.69) is 0 Å². The van der Waals surface area contributed by atoms with Crippen molar-refractivity contribution in [3.8, 4) is 34.3 Å². The van der Waals surface area contributed by atoms with Gasteiger partial charge in [0.25, 0.3) is 0 Å². The third-order valence-electron chi connectivity index (χ3n) is 6.76. The molecule has 0 radical (unpaired) electrons. The predicted molar refractivity (Wildman–Crippen MR) is 144 cm³/mol. The Bertz CT molecular complexity index is 1340. The summed E-state index contributed by atoms with van der Waals surface area (Å²) in [6.45, 7) is 5.89. The summed E-state index contributed by atoms with van der Waals surface area (Å²) >= 11 is 0. The van der Waals surface area contributed by atoms with Crippen molar-refractivity contribution in [2.24, 2.45) is 0 Å². The van der Waals surface area contributed by atoms with Gasteiger partial charge < -0.3 is 48.9 Å². The number of fused-ring (bicyclic) bond motifs is 1. The van der Waals surface area contributed by atoms with Crippen molar-refractivity contribution in [1.82, 2.24) is 0 Å². The smallest absolute Gasteiger partial charge is 0.202 e. The summed E-state index contributed by atoms with van der Waals surface area (Å²) in [5, 5.41) is 50.6. The lowest BCUT2D eigenvalue weighted by atomic mass is 10.0. The molecule has 3 aromatic rings. The number of hydrogen-bond acceptors (Lipinski definition) is 11. The quantitative estimate of drug-likeness (QED) is 0.278. The van der Waals surface area contributed by atoms with Gasteiger partial charge in [0.1, 0.15) is 22.5 Å². The monoisotopic (exact) mass is 560 g/mol. The highest BCUT2D eigenvalue weighted by Gasteiger charge is 2.33. The van der Waals surface area contributed by atoms with Gasteiger partial charge in [-0.05, 0) is 37.6 Å². The van der Waals surface area contributed by atoms with Gasteiger partial charge in [-0.3, -0.25) is 4.79 Å². The number of phenolic OH excluding ortho intramolecular Hbond substituents is 3. The molecule has 2 aliphatic heterocycles. The Kier molecular flexibility index (Phi) is 9.54. The number of hydrogen-bond donors (Lipinski definition) is 5. The van der Waals surface area contributed by atoms with Crippen LogP contribution in [0.1, 0.15) is 46.5 Å². The van der Waals surface area contributed by atoms with Crippen molar-refractivity contribution in [3.05, 3.63) is 46.6 Å². The molecule has 5 rings (SSSR count). The van der Waals surface area contributed by atoms with Gasteiger partial charge in [-0.2, -0.15) is 0 Å². The van der Waals surface area contributed by atoms with Crippen molar-refractivity contribution in [2.45, 2.75) is 83.5 Å². The third-order valence-corrected chi connectivity index (χ3v) is 6.76. The Hall–Kier alpha value is -3.35. The van der Waals surface area contributed by atoms with Crippen LogP contribution >= 0.6 is 0 Å². The second-order valence-corrected chi connectivity index (χ2v) is 9.65. The summed E-state index contributed by atoms with van der Waals surface area (Å²) in [6, 6.07) is 8.47. The lowest BCUT2D eigenvalue weighted by molar-refractivity contribution is -0.245. The summed E-state index contributed by atoms with van der Waals surface area (Å²) in [5.74, 6) is -1.33. The Morgan fingerprint density at radius 3 is 2.35 bits per heavy atom. The maximum Gasteiger partial charge on any atom is 0.202 e. The molecule has 0 spiro atoms. The van der Waals surface area contributed by atoms with Crippen LogP contribution < -0.4 is 10.2 Å². The molecule has 0 aliphatic carbocycles. The SMILES string of the molecule is CC.C[C@H]1OC(OCC2CC(O)CC(Oc3cc4oc(-c5ccc(O)cc5)cc(=O)c4c(O)c3O)O2)CCC1O. The maximum atomic E-state index is 12.7. The molecule has 6 atom stereocenters. The highest BCUT2D eigenvalue weighted by molar-refractivity contribution is 5.89. The van der Waals surface area contributed by atoms with Gasteiger partial charge >= 0.3 is 0 Å². The fourth-order valence-electron chi connectivity index (χ4n) is 4.68. The van der Waals surface area contributed by atoms with Crippen molar-refractivity contribution in [2.75, 3.05) is 6.61 Å². The zero-order valence-electron chi connectivity index (χ0n) is 22.6. The molecule has 40 heavy (non-hydrogen) atoms. The van der Waals surface area contributed by atoms with Crippen LogP contribution in [0.15, 0.2) is 45.6 Å². The van der Waals surface area contributed by atoms with E-state index in [1.165, 1.54) is 24.3 Å². The number of aliphatic hydroxyl groups excluding tert-OH is 2.